The van der Waals surface area contributed by atoms with Crippen molar-refractivity contribution in [1.82, 2.24) is 52.7 Å². The van der Waals surface area contributed by atoms with Gasteiger partial charge in [0.05, 0.1) is 0 Å². The van der Waals surface area contributed by atoms with Gasteiger partial charge in [-0.15, -0.1) is 0 Å². The van der Waals surface area contributed by atoms with E-state index in [1.807, 2.05) is 0 Å². The predicted octanol–water partition coefficient (Wildman–Crippen LogP) is 36.6. The highest BCUT2D eigenvalue weighted by Gasteiger charge is 2.35. The van der Waals surface area contributed by atoms with Crippen LogP contribution in [0.1, 0.15) is 629 Å². The fraction of sp³-hybridized carbons (Fsp3) is 1.00. The molecular weight excluding hydrogens is 1570 g/mol. The highest BCUT2D eigenvalue weighted by Crippen LogP contribution is 2.32. The summed E-state index contributed by atoms with van der Waals surface area (Å²) in [7, 11) is 0. The van der Waals surface area contributed by atoms with Gasteiger partial charge in [0.25, 0.3) is 0 Å². The second kappa shape index (κ2) is 93.2. The number of hydrazine groups is 5. The van der Waals surface area contributed by atoms with Crippen LogP contribution in [0.15, 0.2) is 51.7 Å². The molecule has 0 aromatic carbocycles. The molecule has 3 unspecified atom stereocenters. The van der Waals surface area contributed by atoms with E-state index in [1.54, 1.807) is 0 Å². The van der Waals surface area contributed by atoms with E-state index in [-0.39, 0.29) is 16.6 Å². The van der Waals surface area contributed by atoms with E-state index in [1.165, 1.54) is 533 Å². The monoisotopic (exact) mass is 1790 g/mol. The molecule has 20 nitrogen and oxygen atoms in total. The van der Waals surface area contributed by atoms with Crippen molar-refractivity contribution < 1.29 is 0 Å². The van der Waals surface area contributed by atoms with Crippen molar-refractivity contribution in [2.24, 2.45) is 51.7 Å². The summed E-state index contributed by atoms with van der Waals surface area (Å²) in [4.78, 5) is 0. The van der Waals surface area contributed by atoms with Crippen molar-refractivity contribution in [1.29, 1.82) is 0 Å². The Morgan fingerprint density at radius 3 is 0.701 bits per heavy atom. The molecule has 5 rings (SSSR count). The first-order valence-electron chi connectivity index (χ1n) is 56.9. The SMILES string of the molecule is CCCCCCCCCCCCCCCCCC(C)(C)N1CN=NN1.CCCCCCCCCCCCCCCCCC(C)(CC)N1CN=NN1.CCCCCCCCCCCCCCCCCC(C)N1CN=NN1.CCCCCCCCCCCCCCCCCC(CC)(CC)N1CN=NN1.CCCCCCCCCCCCCCCCCC(CC)N1CN=NN1. The summed E-state index contributed by atoms with van der Waals surface area (Å²) in [5.74, 6) is 0. The summed E-state index contributed by atoms with van der Waals surface area (Å²) in [6.45, 7) is 33.3. The molecule has 0 saturated carbocycles. The van der Waals surface area contributed by atoms with Gasteiger partial charge in [-0.25, -0.2) is 27.7 Å². The smallest absolute Gasteiger partial charge is 0.134 e. The lowest BCUT2D eigenvalue weighted by Crippen LogP contribution is -2.51. The molecule has 5 N–H and O–H groups in total. The minimum atomic E-state index is 0.153. The topological polar surface area (TPSA) is 200 Å². The van der Waals surface area contributed by atoms with E-state index in [2.05, 4.69) is 194 Å². The molecule has 3 atom stereocenters. The number of unbranched alkanes of at least 4 members (excludes halogenated alkanes) is 70. The van der Waals surface area contributed by atoms with E-state index in [0.717, 1.165) is 13.1 Å². The van der Waals surface area contributed by atoms with Crippen molar-refractivity contribution >= 4 is 0 Å². The van der Waals surface area contributed by atoms with E-state index in [0.29, 0.717) is 38.8 Å². The van der Waals surface area contributed by atoms with Crippen molar-refractivity contribution in [2.45, 2.75) is 658 Å². The standard InChI is InChI=1S/C23H48N4.C22H46N4.2C21H44N4.C20H42N4/c1-4-7-8-9-10-11-12-13-14-15-16-17-18-19-20-21-23(5-2,6-3)27-22-24-25-26-27;1-4-6-7-8-9-10-11-12-13-14-15-16-17-18-19-20-22(3,5-2)26-21-23-24-25-26;1-4-5-6-7-8-9-10-11-12-13-14-15-16-17-18-19-21(2,3)25-20-22-23-24-25;1-3-5-6-7-8-9-10-11-12-13-14-15-16-17-18-19-21(4-2)25-20-22-23-24-25;1-3-4-5-6-7-8-9-10-11-12-13-14-15-16-17-18-20(2)24-19-21-22-23-24/h4-22H2,1-3H3,(H,24,26);4-21H2,1-3H3,(H,23,25);4-20H2,1-3H3,(H,22,24);21H,3-20H2,1-2H3,(H,22,24);20H,3-19H2,1-2H3,(H,21,23). The van der Waals surface area contributed by atoms with E-state index in [4.69, 9.17) is 0 Å². The Balaban J connectivity index is 0.000000794. The van der Waals surface area contributed by atoms with Crippen molar-refractivity contribution in [3.8, 4) is 0 Å². The lowest BCUT2D eigenvalue weighted by Gasteiger charge is -2.39. The molecule has 0 aromatic heterocycles. The van der Waals surface area contributed by atoms with Crippen LogP contribution in [0, 0.1) is 0 Å². The second-order valence-corrected chi connectivity index (χ2v) is 40.7. The van der Waals surface area contributed by atoms with E-state index >= 15 is 0 Å². The van der Waals surface area contributed by atoms with Gasteiger partial charge in [-0.2, -0.15) is 50.6 Å². The third kappa shape index (κ3) is 72.9. The highest BCUT2D eigenvalue weighted by molar-refractivity contribution is 4.87. The molecule has 0 fully saturated rings. The van der Waals surface area contributed by atoms with Gasteiger partial charge in [0, 0.05) is 28.7 Å². The summed E-state index contributed by atoms with van der Waals surface area (Å²) in [5.41, 5.74) is 15.7. The summed E-state index contributed by atoms with van der Waals surface area (Å²) >= 11 is 0. The predicted molar refractivity (Wildman–Crippen MR) is 551 cm³/mol. The first-order valence-corrected chi connectivity index (χ1v) is 56.9. The van der Waals surface area contributed by atoms with Gasteiger partial charge in [0.1, 0.15) is 33.3 Å². The average molecular weight is 1790 g/mol. The Morgan fingerprint density at radius 2 is 0.449 bits per heavy atom. The first kappa shape index (κ1) is 122. The molecule has 752 valence electrons. The second-order valence-electron chi connectivity index (χ2n) is 40.7. The lowest BCUT2D eigenvalue weighted by molar-refractivity contribution is 0.0399. The van der Waals surface area contributed by atoms with Crippen LogP contribution in [-0.4, -0.2) is 87.1 Å². The minimum absolute atomic E-state index is 0.153. The van der Waals surface area contributed by atoms with Crippen LogP contribution in [0.5, 0.6) is 0 Å². The van der Waals surface area contributed by atoms with Crippen LogP contribution < -0.4 is 27.7 Å². The Hall–Kier alpha value is -3.20. The number of nitrogens with one attached hydrogen (secondary N) is 5. The molecule has 0 aromatic rings. The fourth-order valence-corrected chi connectivity index (χ4v) is 19.1. The Bertz CT molecular complexity index is 2320. The molecule has 127 heavy (non-hydrogen) atoms. The normalized spacial score (nSPS) is 15.6. The largest absolute Gasteiger partial charge is 0.220 e. The van der Waals surface area contributed by atoms with Crippen LogP contribution in [0.25, 0.3) is 0 Å². The van der Waals surface area contributed by atoms with Crippen LogP contribution in [0.2, 0.25) is 0 Å². The maximum atomic E-state index is 4.09. The average Bonchev–Trinajstić information content (AvgIpc) is 1.76. The van der Waals surface area contributed by atoms with Gasteiger partial charge in [-0.1, -0.05) is 570 Å². The fourth-order valence-electron chi connectivity index (χ4n) is 19.1. The molecule has 5 aliphatic heterocycles. The summed E-state index contributed by atoms with van der Waals surface area (Å²) < 4.78 is 0. The number of hydrogen-bond acceptors (Lipinski definition) is 20. The summed E-state index contributed by atoms with van der Waals surface area (Å²) in [6, 6.07) is 1.14. The Morgan fingerprint density at radius 1 is 0.220 bits per heavy atom. The van der Waals surface area contributed by atoms with Crippen molar-refractivity contribution in [3.63, 3.8) is 0 Å². The molecule has 5 aliphatic rings. The number of hydrogen-bond donors (Lipinski definition) is 5. The molecule has 0 saturated heterocycles. The first-order chi connectivity index (χ1) is 62.4. The summed E-state index contributed by atoms with van der Waals surface area (Å²) in [5, 5.41) is 50.3. The van der Waals surface area contributed by atoms with Crippen LogP contribution in [0.4, 0.5) is 0 Å². The van der Waals surface area contributed by atoms with Gasteiger partial charge in [0.15, 0.2) is 0 Å². The van der Waals surface area contributed by atoms with E-state index in [9.17, 15) is 0 Å². The molecule has 0 spiro atoms. The zero-order valence-electron chi connectivity index (χ0n) is 87.8. The minimum Gasteiger partial charge on any atom is -0.220 e. The molecule has 5 heterocycles. The number of nitrogens with zero attached hydrogens (tertiary/aromatic N) is 15. The van der Waals surface area contributed by atoms with Crippen LogP contribution >= 0.6 is 0 Å². The van der Waals surface area contributed by atoms with Gasteiger partial charge in [-0.3, -0.25) is 0 Å². The molecular formula is C107H224N20. The van der Waals surface area contributed by atoms with Gasteiger partial charge in [-0.05, 0) is 85.5 Å². The molecule has 20 heteroatoms. The molecule has 0 bridgehead atoms. The quantitative estimate of drug-likeness (QED) is 0.0365. The Kier molecular flexibility index (Phi) is 89.4. The van der Waals surface area contributed by atoms with Crippen molar-refractivity contribution in [2.75, 3.05) is 33.3 Å². The Labute approximate surface area is 791 Å². The third-order valence-electron chi connectivity index (χ3n) is 29.0. The third-order valence-corrected chi connectivity index (χ3v) is 29.0. The highest BCUT2D eigenvalue weighted by atomic mass is 15.8. The van der Waals surface area contributed by atoms with Gasteiger partial charge in [0.2, 0.25) is 0 Å². The zero-order chi connectivity index (χ0) is 92.1. The summed E-state index contributed by atoms with van der Waals surface area (Å²) in [6.07, 6.45) is 118. The molecule has 0 aliphatic carbocycles. The molecule has 0 radical (unpaired) electrons. The molecule has 0 amide bonds. The zero-order valence-corrected chi connectivity index (χ0v) is 87.8. The van der Waals surface area contributed by atoms with Gasteiger partial charge >= 0.3 is 0 Å². The number of rotatable bonds is 89. The van der Waals surface area contributed by atoms with E-state index < -0.39 is 0 Å². The van der Waals surface area contributed by atoms with Gasteiger partial charge < -0.3 is 0 Å². The lowest BCUT2D eigenvalue weighted by atomic mass is 9.86. The van der Waals surface area contributed by atoms with Crippen LogP contribution in [0.3, 0.4) is 0 Å². The van der Waals surface area contributed by atoms with Crippen molar-refractivity contribution in [3.05, 3.63) is 0 Å². The maximum absolute atomic E-state index is 4.09. The maximum Gasteiger partial charge on any atom is 0.134 e. The van der Waals surface area contributed by atoms with Crippen LogP contribution in [-0.2, 0) is 0 Å².